The first kappa shape index (κ1) is 14.7. The van der Waals surface area contributed by atoms with Crippen molar-refractivity contribution in [2.45, 2.75) is 26.8 Å². The van der Waals surface area contributed by atoms with Crippen molar-refractivity contribution in [3.05, 3.63) is 45.9 Å². The Labute approximate surface area is 125 Å². The standard InChI is InChI=1S/C14H15BrFN3O/c1-8-6-9(2)19(18-8)10(3)14(20)17-13-7-11(15)4-5-12(13)16/h4-7,10H,1-3H3,(H,17,20). The molecule has 0 radical (unpaired) electrons. The van der Waals surface area contributed by atoms with Crippen LogP contribution in [0.5, 0.6) is 0 Å². The number of hydrogen-bond acceptors (Lipinski definition) is 2. The van der Waals surface area contributed by atoms with Crippen molar-refractivity contribution < 1.29 is 9.18 Å². The summed E-state index contributed by atoms with van der Waals surface area (Å²) >= 11 is 3.25. The molecule has 0 fully saturated rings. The van der Waals surface area contributed by atoms with Crippen molar-refractivity contribution in [2.24, 2.45) is 0 Å². The van der Waals surface area contributed by atoms with Crippen LogP contribution in [0.4, 0.5) is 10.1 Å². The summed E-state index contributed by atoms with van der Waals surface area (Å²) in [6.45, 7) is 5.47. The van der Waals surface area contributed by atoms with E-state index in [4.69, 9.17) is 0 Å². The van der Waals surface area contributed by atoms with Gasteiger partial charge >= 0.3 is 0 Å². The van der Waals surface area contributed by atoms with Gasteiger partial charge in [-0.05, 0) is 45.0 Å². The summed E-state index contributed by atoms with van der Waals surface area (Å²) in [6.07, 6.45) is 0. The number of nitrogens with zero attached hydrogens (tertiary/aromatic N) is 2. The normalized spacial score (nSPS) is 12.2. The van der Waals surface area contributed by atoms with Crippen LogP contribution < -0.4 is 5.32 Å². The number of amides is 1. The number of halogens is 2. The predicted molar refractivity (Wildman–Crippen MR) is 79.1 cm³/mol. The van der Waals surface area contributed by atoms with Gasteiger partial charge in [0.1, 0.15) is 11.9 Å². The minimum absolute atomic E-state index is 0.151. The molecular weight excluding hydrogens is 325 g/mol. The lowest BCUT2D eigenvalue weighted by Crippen LogP contribution is -2.25. The van der Waals surface area contributed by atoms with E-state index >= 15 is 0 Å². The van der Waals surface area contributed by atoms with E-state index < -0.39 is 11.9 Å². The molecule has 1 amide bonds. The summed E-state index contributed by atoms with van der Waals surface area (Å²) in [6, 6.07) is 5.79. The topological polar surface area (TPSA) is 46.9 Å². The lowest BCUT2D eigenvalue weighted by Gasteiger charge is -2.15. The zero-order chi connectivity index (χ0) is 14.9. The Bertz CT molecular complexity index is 654. The molecule has 0 saturated carbocycles. The molecule has 0 aliphatic carbocycles. The number of nitrogens with one attached hydrogen (secondary N) is 1. The molecule has 2 aromatic rings. The van der Waals surface area contributed by atoms with E-state index in [1.54, 1.807) is 17.7 Å². The number of aromatic nitrogens is 2. The number of hydrogen-bond donors (Lipinski definition) is 1. The monoisotopic (exact) mass is 339 g/mol. The molecule has 0 aliphatic rings. The Balaban J connectivity index is 2.19. The Morgan fingerprint density at radius 2 is 2.10 bits per heavy atom. The first-order valence-corrected chi connectivity index (χ1v) is 6.96. The largest absolute Gasteiger partial charge is 0.322 e. The van der Waals surface area contributed by atoms with Gasteiger partial charge in [0.2, 0.25) is 5.91 Å². The summed E-state index contributed by atoms with van der Waals surface area (Å²) in [5.41, 5.74) is 1.88. The van der Waals surface area contributed by atoms with Crippen molar-refractivity contribution >= 4 is 27.5 Å². The van der Waals surface area contributed by atoms with E-state index in [0.717, 1.165) is 11.4 Å². The van der Waals surface area contributed by atoms with Crippen molar-refractivity contribution in [3.8, 4) is 0 Å². The smallest absolute Gasteiger partial charge is 0.249 e. The molecule has 4 nitrogen and oxygen atoms in total. The third-order valence-electron chi connectivity index (χ3n) is 2.98. The molecular formula is C14H15BrFN3O. The molecule has 20 heavy (non-hydrogen) atoms. The van der Waals surface area contributed by atoms with Gasteiger partial charge in [0.05, 0.1) is 11.4 Å². The number of aryl methyl sites for hydroxylation is 2. The first-order chi connectivity index (χ1) is 9.38. The van der Waals surface area contributed by atoms with Crippen LogP contribution in [0.2, 0.25) is 0 Å². The summed E-state index contributed by atoms with van der Waals surface area (Å²) in [5.74, 6) is -0.782. The van der Waals surface area contributed by atoms with Gasteiger partial charge in [-0.15, -0.1) is 0 Å². The fourth-order valence-corrected chi connectivity index (χ4v) is 2.34. The highest BCUT2D eigenvalue weighted by molar-refractivity contribution is 9.10. The molecule has 0 bridgehead atoms. The van der Waals surface area contributed by atoms with Gasteiger partial charge in [0, 0.05) is 10.2 Å². The second kappa shape index (κ2) is 5.75. The van der Waals surface area contributed by atoms with Crippen LogP contribution in [0, 0.1) is 19.7 Å². The summed E-state index contributed by atoms with van der Waals surface area (Å²) in [4.78, 5) is 12.2. The number of rotatable bonds is 3. The fraction of sp³-hybridized carbons (Fsp3) is 0.286. The average Bonchev–Trinajstić information content (AvgIpc) is 2.72. The Morgan fingerprint density at radius 3 is 2.70 bits per heavy atom. The van der Waals surface area contributed by atoms with E-state index in [1.807, 2.05) is 19.9 Å². The maximum atomic E-state index is 13.6. The summed E-state index contributed by atoms with van der Waals surface area (Å²) < 4.78 is 15.9. The maximum absolute atomic E-state index is 13.6. The van der Waals surface area contributed by atoms with Gasteiger partial charge < -0.3 is 5.32 Å². The van der Waals surface area contributed by atoms with E-state index in [1.165, 1.54) is 12.1 Å². The molecule has 1 aromatic carbocycles. The van der Waals surface area contributed by atoms with Crippen LogP contribution in [0.15, 0.2) is 28.7 Å². The van der Waals surface area contributed by atoms with Crippen molar-refractivity contribution in [2.75, 3.05) is 5.32 Å². The Hall–Kier alpha value is -1.69. The van der Waals surface area contributed by atoms with Crippen molar-refractivity contribution in [1.82, 2.24) is 9.78 Å². The Kier molecular flexibility index (Phi) is 4.23. The predicted octanol–water partition coefficient (Wildman–Crippen LogP) is 3.60. The number of anilines is 1. The molecule has 6 heteroatoms. The number of benzene rings is 1. The lowest BCUT2D eigenvalue weighted by atomic mass is 10.2. The molecule has 0 saturated heterocycles. The molecule has 2 rings (SSSR count). The van der Waals surface area contributed by atoms with E-state index in [-0.39, 0.29) is 11.6 Å². The zero-order valence-corrected chi connectivity index (χ0v) is 13.0. The highest BCUT2D eigenvalue weighted by atomic mass is 79.9. The second-order valence-electron chi connectivity index (χ2n) is 4.66. The fourth-order valence-electron chi connectivity index (χ4n) is 1.98. The zero-order valence-electron chi connectivity index (χ0n) is 11.4. The lowest BCUT2D eigenvalue weighted by molar-refractivity contribution is -0.119. The van der Waals surface area contributed by atoms with Gasteiger partial charge in [0.15, 0.2) is 0 Å². The van der Waals surface area contributed by atoms with Crippen LogP contribution in [0.25, 0.3) is 0 Å². The van der Waals surface area contributed by atoms with Gasteiger partial charge in [0.25, 0.3) is 0 Å². The third kappa shape index (κ3) is 3.07. The molecule has 1 heterocycles. The maximum Gasteiger partial charge on any atom is 0.249 e. The van der Waals surface area contributed by atoms with Gasteiger partial charge in [-0.2, -0.15) is 5.10 Å². The van der Waals surface area contributed by atoms with Crippen LogP contribution in [0.3, 0.4) is 0 Å². The van der Waals surface area contributed by atoms with Gasteiger partial charge in [-0.3, -0.25) is 9.48 Å². The van der Waals surface area contributed by atoms with E-state index in [2.05, 4.69) is 26.3 Å². The SMILES string of the molecule is Cc1cc(C)n(C(C)C(=O)Nc2cc(Br)ccc2F)n1. The van der Waals surface area contributed by atoms with Crippen LogP contribution in [0.1, 0.15) is 24.4 Å². The molecule has 1 aromatic heterocycles. The second-order valence-corrected chi connectivity index (χ2v) is 5.58. The van der Waals surface area contributed by atoms with Crippen molar-refractivity contribution in [1.29, 1.82) is 0 Å². The molecule has 1 N–H and O–H groups in total. The van der Waals surface area contributed by atoms with Gasteiger partial charge in [-0.25, -0.2) is 4.39 Å². The molecule has 1 unspecified atom stereocenters. The Morgan fingerprint density at radius 1 is 1.40 bits per heavy atom. The minimum Gasteiger partial charge on any atom is -0.322 e. The van der Waals surface area contributed by atoms with Crippen LogP contribution in [-0.2, 0) is 4.79 Å². The summed E-state index contributed by atoms with van der Waals surface area (Å²) in [5, 5.41) is 6.85. The van der Waals surface area contributed by atoms with Crippen molar-refractivity contribution in [3.63, 3.8) is 0 Å². The van der Waals surface area contributed by atoms with Crippen LogP contribution in [-0.4, -0.2) is 15.7 Å². The molecule has 0 aliphatic heterocycles. The molecule has 106 valence electrons. The quantitative estimate of drug-likeness (QED) is 0.928. The third-order valence-corrected chi connectivity index (χ3v) is 3.47. The molecule has 1 atom stereocenters. The first-order valence-electron chi connectivity index (χ1n) is 6.17. The minimum atomic E-state index is -0.512. The average molecular weight is 340 g/mol. The summed E-state index contributed by atoms with van der Waals surface area (Å²) in [7, 11) is 0. The van der Waals surface area contributed by atoms with Gasteiger partial charge in [-0.1, -0.05) is 15.9 Å². The van der Waals surface area contributed by atoms with Crippen LogP contribution >= 0.6 is 15.9 Å². The highest BCUT2D eigenvalue weighted by Crippen LogP contribution is 2.21. The highest BCUT2D eigenvalue weighted by Gasteiger charge is 2.19. The van der Waals surface area contributed by atoms with E-state index in [0.29, 0.717) is 4.47 Å². The number of carbonyl (C=O) groups excluding carboxylic acids is 1. The molecule has 0 spiro atoms. The number of carbonyl (C=O) groups is 1. The van der Waals surface area contributed by atoms with E-state index in [9.17, 15) is 9.18 Å².